The number of aliphatic hydroxyl groups excluding tert-OH is 3. The third-order valence-electron chi connectivity index (χ3n) is 12.9. The van der Waals surface area contributed by atoms with E-state index in [2.05, 4.69) is 0 Å². The molecule has 0 bridgehead atoms. The van der Waals surface area contributed by atoms with Crippen LogP contribution < -0.4 is 24.0 Å². The van der Waals surface area contributed by atoms with Crippen LogP contribution in [0, 0.1) is 0 Å². The summed E-state index contributed by atoms with van der Waals surface area (Å²) < 4.78 is 27.8. The molecule has 10 rings (SSSR count). The zero-order valence-electron chi connectivity index (χ0n) is 40.2. The molecule has 0 saturated carbocycles. The van der Waals surface area contributed by atoms with Crippen molar-refractivity contribution in [3.63, 3.8) is 0 Å². The summed E-state index contributed by atoms with van der Waals surface area (Å²) in [7, 11) is 1.36. The lowest BCUT2D eigenvalue weighted by Crippen LogP contribution is -2.29. The Balaban J connectivity index is 0.777. The van der Waals surface area contributed by atoms with Crippen molar-refractivity contribution in [3.8, 4) is 28.7 Å². The van der Waals surface area contributed by atoms with Crippen LogP contribution >= 0.6 is 0 Å². The molecule has 0 fully saturated rings. The summed E-state index contributed by atoms with van der Waals surface area (Å²) >= 11 is 0. The highest BCUT2D eigenvalue weighted by molar-refractivity contribution is 6.35. The number of methoxy groups -OCH3 is 1. The number of aromatic hydroxyl groups is 2. The van der Waals surface area contributed by atoms with Gasteiger partial charge in [-0.2, -0.15) is 0 Å². The monoisotopic (exact) mass is 1020 g/mol. The normalized spacial score (nSPS) is 13.7. The number of carbonyl (C=O) groups excluding carboxylic acids is 6. The molecule has 8 aromatic carbocycles. The van der Waals surface area contributed by atoms with Gasteiger partial charge in [-0.05, 0) is 99.9 Å². The number of ether oxygens (including phenoxy) is 5. The summed E-state index contributed by atoms with van der Waals surface area (Å²) in [6, 6.07) is 38.1. The molecule has 0 aliphatic carbocycles. The number of carbonyl (C=O) groups is 6. The molecule has 5 N–H and O–H groups in total. The van der Waals surface area contributed by atoms with Crippen LogP contribution in [0.2, 0.25) is 0 Å². The van der Waals surface area contributed by atoms with Crippen LogP contribution in [0.5, 0.6) is 28.7 Å². The molecule has 2 atom stereocenters. The molecule has 18 heteroatoms. The van der Waals surface area contributed by atoms with Gasteiger partial charge in [0.2, 0.25) is 6.29 Å². The quantitative estimate of drug-likeness (QED) is 0.0342. The van der Waals surface area contributed by atoms with Gasteiger partial charge < -0.3 is 49.2 Å². The van der Waals surface area contributed by atoms with Crippen molar-refractivity contribution >= 4 is 68.5 Å². The van der Waals surface area contributed by atoms with Crippen LogP contribution in [0.1, 0.15) is 78.8 Å². The second-order valence-corrected chi connectivity index (χ2v) is 17.7. The first-order valence-electron chi connectivity index (χ1n) is 23.6. The number of anilines is 2. The SMILES string of the molecule is COc1ccc(N2C(=O)c3ccc(C(=O)OCC(O)COc4ccc5cccc(Cc6c(OC(O)COC(=O)c7ccc8c(c7)C(=O)N(c7ccc(CO)c(O)c7)C8=O)ccc7ccccc67)c5c4)cc3C2=O)cc1O. The van der Waals surface area contributed by atoms with Crippen LogP contribution in [0.15, 0.2) is 146 Å². The van der Waals surface area contributed by atoms with E-state index in [0.717, 1.165) is 36.9 Å². The van der Waals surface area contributed by atoms with Crippen LogP contribution in [0.3, 0.4) is 0 Å². The fraction of sp³-hybridized carbons (Fsp3) is 0.138. The molecule has 0 saturated heterocycles. The lowest BCUT2D eigenvalue weighted by Gasteiger charge is -2.19. The Bertz CT molecular complexity index is 3700. The van der Waals surface area contributed by atoms with E-state index in [1.807, 2.05) is 60.7 Å². The first-order valence-corrected chi connectivity index (χ1v) is 23.6. The average molecular weight is 1020 g/mol. The summed E-state index contributed by atoms with van der Waals surface area (Å²) in [6.07, 6.45) is -2.60. The summed E-state index contributed by atoms with van der Waals surface area (Å²) in [6.45, 7) is -1.77. The highest BCUT2D eigenvalue weighted by Crippen LogP contribution is 2.37. The van der Waals surface area contributed by atoms with Gasteiger partial charge in [-0.3, -0.25) is 19.2 Å². The van der Waals surface area contributed by atoms with Gasteiger partial charge in [0.25, 0.3) is 23.6 Å². The third kappa shape index (κ3) is 9.57. The van der Waals surface area contributed by atoms with Gasteiger partial charge in [0, 0.05) is 29.7 Å². The summed E-state index contributed by atoms with van der Waals surface area (Å²) in [5.41, 5.74) is 1.85. The number of aliphatic hydroxyl groups is 3. The fourth-order valence-corrected chi connectivity index (χ4v) is 9.11. The molecule has 4 amide bonds. The first kappa shape index (κ1) is 49.9. The van der Waals surface area contributed by atoms with Crippen molar-refractivity contribution in [1.29, 1.82) is 0 Å². The van der Waals surface area contributed by atoms with Gasteiger partial charge in [0.1, 0.15) is 36.6 Å². The van der Waals surface area contributed by atoms with Gasteiger partial charge in [0.05, 0.1) is 58.5 Å². The summed E-state index contributed by atoms with van der Waals surface area (Å²) in [4.78, 5) is 81.2. The predicted octanol–water partition coefficient (Wildman–Crippen LogP) is 7.25. The Morgan fingerprint density at radius 3 is 1.76 bits per heavy atom. The van der Waals surface area contributed by atoms with Gasteiger partial charge in [0.15, 0.2) is 18.1 Å². The number of fused-ring (bicyclic) bond motifs is 4. The van der Waals surface area contributed by atoms with E-state index in [1.165, 1.54) is 79.9 Å². The molecule has 0 aromatic heterocycles. The maximum absolute atomic E-state index is 13.4. The number of esters is 2. The fourth-order valence-electron chi connectivity index (χ4n) is 9.11. The molecular formula is C58H44N2O16. The number of nitrogens with zero attached hydrogens (tertiary/aromatic N) is 2. The van der Waals surface area contributed by atoms with E-state index in [-0.39, 0.29) is 74.2 Å². The Hall–Kier alpha value is -9.62. The van der Waals surface area contributed by atoms with Gasteiger partial charge in [-0.15, -0.1) is 0 Å². The van der Waals surface area contributed by atoms with Crippen LogP contribution in [-0.2, 0) is 22.5 Å². The number of amides is 4. The summed E-state index contributed by atoms with van der Waals surface area (Å²) in [5.74, 6) is -4.20. The smallest absolute Gasteiger partial charge is 0.338 e. The van der Waals surface area contributed by atoms with Crippen molar-refractivity contribution in [1.82, 2.24) is 0 Å². The first-order chi connectivity index (χ1) is 36.7. The average Bonchev–Trinajstić information content (AvgIpc) is 3.87. The minimum Gasteiger partial charge on any atom is -0.508 e. The maximum Gasteiger partial charge on any atom is 0.338 e. The number of benzene rings is 8. The standard InChI is InChI=1S/C58H44N2O16/c1-72-51-20-15-38(25-49(51)64)60-54(67)43-17-11-34(22-46(43)56(60)69)57(70)74-29-39(62)28-73-40-16-10-32-6-4-7-33(44(32)26-40)21-45-41-8-3-2-5-31(41)13-19-50(45)76-52(65)30-75-58(71)35-12-18-42-47(23-35)55(68)59(53(42)66)37-14-9-36(27-61)48(63)24-37/h2-20,22-26,39,52,61-65H,21,27-30H2,1H3. The van der Waals surface area contributed by atoms with Crippen LogP contribution in [0.25, 0.3) is 21.5 Å². The van der Waals surface area contributed by atoms with E-state index in [1.54, 1.807) is 12.1 Å². The number of hydrogen-bond acceptors (Lipinski definition) is 16. The lowest BCUT2D eigenvalue weighted by molar-refractivity contribution is -0.0639. The largest absolute Gasteiger partial charge is 0.508 e. The number of imide groups is 2. The van der Waals surface area contributed by atoms with Gasteiger partial charge in [-0.25, -0.2) is 19.4 Å². The number of phenols is 2. The minimum absolute atomic E-state index is 0.0284. The van der Waals surface area contributed by atoms with E-state index in [4.69, 9.17) is 23.7 Å². The highest BCUT2D eigenvalue weighted by atomic mass is 16.6. The Morgan fingerprint density at radius 1 is 0.539 bits per heavy atom. The highest BCUT2D eigenvalue weighted by Gasteiger charge is 2.39. The minimum atomic E-state index is -1.64. The zero-order valence-corrected chi connectivity index (χ0v) is 40.2. The van der Waals surface area contributed by atoms with E-state index in [0.29, 0.717) is 23.5 Å². The second kappa shape index (κ2) is 20.7. The molecule has 18 nitrogen and oxygen atoms in total. The Morgan fingerprint density at radius 2 is 1.12 bits per heavy atom. The van der Waals surface area contributed by atoms with E-state index in [9.17, 15) is 54.3 Å². The molecule has 2 aliphatic rings. The molecule has 382 valence electrons. The molecule has 0 spiro atoms. The number of hydrogen-bond donors (Lipinski definition) is 5. The van der Waals surface area contributed by atoms with Gasteiger partial charge in [-0.1, -0.05) is 60.7 Å². The number of phenolic OH excluding ortho intramolecular Hbond substituents is 1. The van der Waals surface area contributed by atoms with Crippen LogP contribution in [0.4, 0.5) is 11.4 Å². The zero-order chi connectivity index (χ0) is 53.4. The lowest BCUT2D eigenvalue weighted by atomic mass is 9.94. The number of rotatable bonds is 17. The molecule has 0 radical (unpaired) electrons. The molecule has 2 unspecified atom stereocenters. The van der Waals surface area contributed by atoms with Gasteiger partial charge >= 0.3 is 11.9 Å². The van der Waals surface area contributed by atoms with Crippen molar-refractivity contribution in [2.24, 2.45) is 0 Å². The Labute approximate surface area is 431 Å². The molecule has 2 heterocycles. The molecule has 2 aliphatic heterocycles. The topological polar surface area (TPSA) is 256 Å². The maximum atomic E-state index is 13.4. The summed E-state index contributed by atoms with van der Waals surface area (Å²) in [5, 5.41) is 55.2. The second-order valence-electron chi connectivity index (χ2n) is 17.7. The van der Waals surface area contributed by atoms with Crippen molar-refractivity contribution in [3.05, 3.63) is 196 Å². The van der Waals surface area contributed by atoms with E-state index < -0.39 is 67.8 Å². The van der Waals surface area contributed by atoms with Crippen molar-refractivity contribution in [2.75, 3.05) is 36.7 Å². The van der Waals surface area contributed by atoms with Crippen molar-refractivity contribution in [2.45, 2.75) is 25.4 Å². The van der Waals surface area contributed by atoms with E-state index >= 15 is 0 Å². The third-order valence-corrected chi connectivity index (χ3v) is 12.9. The molecule has 76 heavy (non-hydrogen) atoms. The van der Waals surface area contributed by atoms with Crippen LogP contribution in [-0.4, -0.2) is 100 Å². The molecular weight excluding hydrogens is 981 g/mol. The molecule has 8 aromatic rings. The van der Waals surface area contributed by atoms with Crippen molar-refractivity contribution < 1.29 is 78.0 Å². The Kier molecular flexibility index (Phi) is 13.6. The predicted molar refractivity (Wildman–Crippen MR) is 273 cm³/mol.